The predicted molar refractivity (Wildman–Crippen MR) is 113 cm³/mol. The molecule has 1 amide bonds. The Labute approximate surface area is 169 Å². The fraction of sp³-hybridized carbons (Fsp3) is 0.571. The SMILES string of the molecule is CCOP(=O)(C/C=C/[C@H](CCc1ccccc1)NC(=O)OC(C)(C)C)OCC. The van der Waals surface area contributed by atoms with Crippen molar-refractivity contribution in [1.82, 2.24) is 5.32 Å². The number of benzene rings is 1. The zero-order chi connectivity index (χ0) is 21.0. The van der Waals surface area contributed by atoms with Crippen molar-refractivity contribution in [2.24, 2.45) is 0 Å². The molecule has 1 N–H and O–H groups in total. The highest BCUT2D eigenvalue weighted by Crippen LogP contribution is 2.47. The Balaban J connectivity index is 2.77. The second-order valence-electron chi connectivity index (χ2n) is 7.33. The average Bonchev–Trinajstić information content (AvgIpc) is 2.59. The van der Waals surface area contributed by atoms with E-state index in [2.05, 4.69) is 5.32 Å². The summed E-state index contributed by atoms with van der Waals surface area (Å²) < 4.78 is 28.5. The summed E-state index contributed by atoms with van der Waals surface area (Å²) in [6.45, 7) is 9.66. The molecule has 0 saturated heterocycles. The van der Waals surface area contributed by atoms with Crippen LogP contribution in [0.25, 0.3) is 0 Å². The van der Waals surface area contributed by atoms with Gasteiger partial charge in [-0.15, -0.1) is 0 Å². The van der Waals surface area contributed by atoms with Crippen molar-refractivity contribution in [1.29, 1.82) is 0 Å². The molecule has 0 spiro atoms. The lowest BCUT2D eigenvalue weighted by molar-refractivity contribution is 0.0512. The zero-order valence-electron chi connectivity index (χ0n) is 17.6. The third kappa shape index (κ3) is 10.6. The molecule has 0 unspecified atom stereocenters. The first-order chi connectivity index (χ1) is 13.2. The molecule has 6 nitrogen and oxygen atoms in total. The van der Waals surface area contributed by atoms with Gasteiger partial charge in [-0.25, -0.2) is 4.79 Å². The van der Waals surface area contributed by atoms with Crippen LogP contribution in [0.2, 0.25) is 0 Å². The zero-order valence-corrected chi connectivity index (χ0v) is 18.5. The minimum absolute atomic E-state index is 0.159. The Bertz CT molecular complexity index is 645. The molecule has 1 rings (SSSR count). The number of alkyl carbamates (subject to hydrolysis) is 1. The largest absolute Gasteiger partial charge is 0.444 e. The van der Waals surface area contributed by atoms with E-state index in [4.69, 9.17) is 13.8 Å². The number of hydrogen-bond acceptors (Lipinski definition) is 5. The molecule has 1 aromatic carbocycles. The second kappa shape index (κ2) is 12.1. The summed E-state index contributed by atoms with van der Waals surface area (Å²) in [7, 11) is -3.15. The molecule has 1 atom stereocenters. The summed E-state index contributed by atoms with van der Waals surface area (Å²) in [5, 5.41) is 2.87. The van der Waals surface area contributed by atoms with E-state index in [1.807, 2.05) is 57.2 Å². The Hall–Kier alpha value is -1.62. The topological polar surface area (TPSA) is 73.9 Å². The molecule has 7 heteroatoms. The molecule has 0 aliphatic rings. The summed E-state index contributed by atoms with van der Waals surface area (Å²) in [5.74, 6) is 0. The Morgan fingerprint density at radius 3 is 2.29 bits per heavy atom. The first kappa shape index (κ1) is 24.4. The first-order valence-electron chi connectivity index (χ1n) is 9.75. The Morgan fingerprint density at radius 1 is 1.14 bits per heavy atom. The van der Waals surface area contributed by atoms with Crippen molar-refractivity contribution in [3.63, 3.8) is 0 Å². The summed E-state index contributed by atoms with van der Waals surface area (Å²) in [6.07, 6.45) is 4.74. The molecule has 0 bridgehead atoms. The normalized spacial score (nSPS) is 13.5. The number of carbonyl (C=O) groups excluding carboxylic acids is 1. The Morgan fingerprint density at radius 2 is 1.75 bits per heavy atom. The van der Waals surface area contributed by atoms with Gasteiger partial charge in [0.25, 0.3) is 0 Å². The van der Waals surface area contributed by atoms with Gasteiger partial charge in [-0.3, -0.25) is 4.57 Å². The molecule has 28 heavy (non-hydrogen) atoms. The van der Waals surface area contributed by atoms with E-state index in [1.54, 1.807) is 19.9 Å². The number of aryl methyl sites for hydroxylation is 1. The molecule has 0 fully saturated rings. The summed E-state index contributed by atoms with van der Waals surface area (Å²) in [6, 6.07) is 9.79. The summed E-state index contributed by atoms with van der Waals surface area (Å²) in [4.78, 5) is 12.2. The van der Waals surface area contributed by atoms with Gasteiger partial charge in [0, 0.05) is 0 Å². The van der Waals surface area contributed by atoms with E-state index in [9.17, 15) is 9.36 Å². The quantitative estimate of drug-likeness (QED) is 0.393. The van der Waals surface area contributed by atoms with Crippen LogP contribution in [0.1, 0.15) is 46.6 Å². The van der Waals surface area contributed by atoms with E-state index < -0.39 is 19.3 Å². The molecule has 0 aromatic heterocycles. The number of rotatable bonds is 11. The lowest BCUT2D eigenvalue weighted by atomic mass is 10.1. The van der Waals surface area contributed by atoms with Gasteiger partial charge < -0.3 is 19.1 Å². The predicted octanol–water partition coefficient (Wildman–Crippen LogP) is 5.33. The number of amides is 1. The van der Waals surface area contributed by atoms with Crippen LogP contribution >= 0.6 is 7.60 Å². The monoisotopic (exact) mass is 411 g/mol. The molecule has 1 aromatic rings. The van der Waals surface area contributed by atoms with Crippen molar-refractivity contribution in [3.05, 3.63) is 48.0 Å². The van der Waals surface area contributed by atoms with Gasteiger partial charge in [0.05, 0.1) is 25.4 Å². The van der Waals surface area contributed by atoms with E-state index >= 15 is 0 Å². The molecule has 0 aliphatic carbocycles. The lowest BCUT2D eigenvalue weighted by Crippen LogP contribution is -2.38. The minimum Gasteiger partial charge on any atom is -0.444 e. The smallest absolute Gasteiger partial charge is 0.408 e. The molecule has 0 aliphatic heterocycles. The molecular formula is C21H34NO5P. The standard InChI is InChI=1S/C21H34NO5P/c1-6-25-28(24,26-7-2)17-11-14-19(22-20(23)27-21(3,4)5)16-15-18-12-9-8-10-13-18/h8-14,19H,6-7,15-17H2,1-5H3,(H,22,23)/b14-11+/t19-/m1/s1. The van der Waals surface area contributed by atoms with Crippen molar-refractivity contribution in [3.8, 4) is 0 Å². The maximum atomic E-state index is 12.6. The number of nitrogens with one attached hydrogen (secondary N) is 1. The van der Waals surface area contributed by atoms with Gasteiger partial charge in [-0.1, -0.05) is 42.5 Å². The van der Waals surface area contributed by atoms with E-state index in [0.29, 0.717) is 19.6 Å². The Kier molecular flexibility index (Phi) is 10.5. The van der Waals surface area contributed by atoms with Gasteiger partial charge in [-0.05, 0) is 53.0 Å². The van der Waals surface area contributed by atoms with Gasteiger partial charge in [0.2, 0.25) is 0 Å². The number of hydrogen-bond donors (Lipinski definition) is 1. The van der Waals surface area contributed by atoms with Crippen LogP contribution in [-0.4, -0.2) is 37.1 Å². The molecular weight excluding hydrogens is 377 g/mol. The van der Waals surface area contributed by atoms with Crippen molar-refractivity contribution >= 4 is 13.7 Å². The fourth-order valence-corrected chi connectivity index (χ4v) is 3.98. The van der Waals surface area contributed by atoms with E-state index in [1.165, 1.54) is 5.56 Å². The third-order valence-corrected chi connectivity index (χ3v) is 5.60. The van der Waals surface area contributed by atoms with Crippen LogP contribution in [0.4, 0.5) is 4.79 Å². The maximum Gasteiger partial charge on any atom is 0.408 e. The van der Waals surface area contributed by atoms with E-state index in [-0.39, 0.29) is 12.2 Å². The summed E-state index contributed by atoms with van der Waals surface area (Å²) >= 11 is 0. The highest BCUT2D eigenvalue weighted by Gasteiger charge is 2.22. The summed E-state index contributed by atoms with van der Waals surface area (Å²) in [5.41, 5.74) is 0.610. The maximum absolute atomic E-state index is 12.6. The molecule has 0 heterocycles. The first-order valence-corrected chi connectivity index (χ1v) is 11.5. The number of allylic oxidation sites excluding steroid dienone is 1. The van der Waals surface area contributed by atoms with Crippen molar-refractivity contribution < 1.29 is 23.1 Å². The van der Waals surface area contributed by atoms with Gasteiger partial charge in [0.15, 0.2) is 0 Å². The van der Waals surface area contributed by atoms with Crippen LogP contribution in [-0.2, 0) is 24.8 Å². The second-order valence-corrected chi connectivity index (χ2v) is 9.44. The van der Waals surface area contributed by atoms with Crippen LogP contribution in [0.5, 0.6) is 0 Å². The van der Waals surface area contributed by atoms with Gasteiger partial charge in [-0.2, -0.15) is 0 Å². The highest BCUT2D eigenvalue weighted by molar-refractivity contribution is 7.54. The highest BCUT2D eigenvalue weighted by atomic mass is 31.2. The van der Waals surface area contributed by atoms with Crippen LogP contribution in [0.3, 0.4) is 0 Å². The minimum atomic E-state index is -3.15. The average molecular weight is 411 g/mol. The van der Waals surface area contributed by atoms with Crippen molar-refractivity contribution in [2.75, 3.05) is 19.4 Å². The van der Waals surface area contributed by atoms with Gasteiger partial charge in [0.1, 0.15) is 5.60 Å². The fourth-order valence-electron chi connectivity index (χ4n) is 2.53. The lowest BCUT2D eigenvalue weighted by Gasteiger charge is -2.22. The number of ether oxygens (including phenoxy) is 1. The molecule has 158 valence electrons. The number of carbonyl (C=O) groups is 1. The third-order valence-electron chi connectivity index (χ3n) is 3.64. The van der Waals surface area contributed by atoms with Crippen molar-refractivity contribution in [2.45, 2.75) is 59.1 Å². The van der Waals surface area contributed by atoms with Crippen LogP contribution in [0.15, 0.2) is 42.5 Å². The van der Waals surface area contributed by atoms with E-state index in [0.717, 1.165) is 6.42 Å². The van der Waals surface area contributed by atoms with Crippen LogP contribution < -0.4 is 5.32 Å². The van der Waals surface area contributed by atoms with Gasteiger partial charge >= 0.3 is 13.7 Å². The van der Waals surface area contributed by atoms with Crippen LogP contribution in [0, 0.1) is 0 Å². The molecule has 0 saturated carbocycles. The molecule has 0 radical (unpaired) electrons.